The normalized spacial score (nSPS) is 13.3. The Morgan fingerprint density at radius 1 is 1.11 bits per heavy atom. The molecule has 2 aromatic carbocycles. The fraction of sp³-hybridized carbons (Fsp3) is 0.360. The number of rotatable bonds is 12. The van der Waals surface area contributed by atoms with Gasteiger partial charge in [-0.3, -0.25) is 4.90 Å². The van der Waals surface area contributed by atoms with Gasteiger partial charge >= 0.3 is 0 Å². The third-order valence-electron chi connectivity index (χ3n) is 5.99. The summed E-state index contributed by atoms with van der Waals surface area (Å²) in [5, 5.41) is 25.4. The molecule has 0 fully saturated rings. The van der Waals surface area contributed by atoms with Crippen molar-refractivity contribution in [2.75, 3.05) is 13.1 Å². The molecule has 2 aromatic heterocycles. The van der Waals surface area contributed by atoms with Gasteiger partial charge in [-0.05, 0) is 31.2 Å². The van der Waals surface area contributed by atoms with Crippen molar-refractivity contribution in [2.45, 2.75) is 45.0 Å². The minimum Gasteiger partial charge on any atom is -0.382 e. The molecule has 12 heteroatoms. The quantitative estimate of drug-likeness (QED) is 0.276. The highest BCUT2D eigenvalue weighted by Gasteiger charge is 2.35. The Balaban J connectivity index is 1.58. The van der Waals surface area contributed by atoms with Crippen LogP contribution in [0.5, 0.6) is 0 Å². The zero-order chi connectivity index (χ0) is 26.4. The van der Waals surface area contributed by atoms with Gasteiger partial charge in [0, 0.05) is 40.3 Å². The number of aliphatic hydroxyl groups is 1. The van der Waals surface area contributed by atoms with E-state index in [1.807, 2.05) is 4.90 Å². The summed E-state index contributed by atoms with van der Waals surface area (Å²) in [6.45, 7) is 3.33. The van der Waals surface area contributed by atoms with Crippen molar-refractivity contribution in [3.8, 4) is 0 Å². The van der Waals surface area contributed by atoms with Gasteiger partial charge in [-0.25, -0.2) is 23.1 Å². The van der Waals surface area contributed by atoms with Crippen LogP contribution >= 0.6 is 23.2 Å². The Bertz CT molecular complexity index is 1300. The lowest BCUT2D eigenvalue weighted by Crippen LogP contribution is -2.45. The molecule has 0 aliphatic heterocycles. The summed E-state index contributed by atoms with van der Waals surface area (Å²) in [6.07, 6.45) is 6.32. The van der Waals surface area contributed by atoms with E-state index < -0.39 is 17.2 Å². The fourth-order valence-electron chi connectivity index (χ4n) is 4.20. The van der Waals surface area contributed by atoms with E-state index in [9.17, 15) is 13.9 Å². The Morgan fingerprint density at radius 2 is 1.89 bits per heavy atom. The van der Waals surface area contributed by atoms with Gasteiger partial charge in [0.1, 0.15) is 29.9 Å². The van der Waals surface area contributed by atoms with E-state index in [-0.39, 0.29) is 18.7 Å². The van der Waals surface area contributed by atoms with Gasteiger partial charge in [0.05, 0.1) is 25.0 Å². The summed E-state index contributed by atoms with van der Waals surface area (Å²) >= 11 is 12.6. The first-order chi connectivity index (χ1) is 17.8. The topological polar surface area (TPSA) is 84.9 Å². The first-order valence-electron chi connectivity index (χ1n) is 11.8. The number of unbranched alkanes of at least 4 members (excludes halogenated alkanes) is 1. The molecule has 0 spiro atoms. The van der Waals surface area contributed by atoms with Crippen molar-refractivity contribution in [3.05, 3.63) is 93.8 Å². The zero-order valence-corrected chi connectivity index (χ0v) is 21.7. The lowest BCUT2D eigenvalue weighted by atomic mass is 9.92. The van der Waals surface area contributed by atoms with Crippen molar-refractivity contribution >= 4 is 23.2 Å². The lowest BCUT2D eigenvalue weighted by Gasteiger charge is -2.34. The van der Waals surface area contributed by atoms with Crippen LogP contribution in [0.3, 0.4) is 0 Å². The van der Waals surface area contributed by atoms with E-state index in [1.165, 1.54) is 23.4 Å². The molecule has 2 heterocycles. The number of hydrogen-bond acceptors (Lipinski definition) is 6. The van der Waals surface area contributed by atoms with Gasteiger partial charge in [-0.15, -0.1) is 5.10 Å². The van der Waals surface area contributed by atoms with E-state index in [1.54, 1.807) is 29.1 Å². The van der Waals surface area contributed by atoms with Crippen LogP contribution in [0, 0.1) is 11.6 Å². The summed E-state index contributed by atoms with van der Waals surface area (Å²) in [5.41, 5.74) is -0.357. The Hall–Kier alpha value is -2.92. The second kappa shape index (κ2) is 12.1. The van der Waals surface area contributed by atoms with Crippen LogP contribution in [0.4, 0.5) is 8.78 Å². The smallest absolute Gasteiger partial charge is 0.137 e. The molecule has 37 heavy (non-hydrogen) atoms. The molecule has 4 aromatic rings. The molecule has 1 unspecified atom stereocenters. The minimum atomic E-state index is -1.72. The zero-order valence-electron chi connectivity index (χ0n) is 20.2. The number of benzene rings is 2. The van der Waals surface area contributed by atoms with Gasteiger partial charge in [-0.2, -0.15) is 5.10 Å². The summed E-state index contributed by atoms with van der Waals surface area (Å²) < 4.78 is 31.6. The maximum Gasteiger partial charge on any atom is 0.137 e. The van der Waals surface area contributed by atoms with E-state index in [0.717, 1.165) is 30.5 Å². The van der Waals surface area contributed by atoms with Crippen molar-refractivity contribution in [1.29, 1.82) is 0 Å². The highest BCUT2D eigenvalue weighted by molar-refractivity contribution is 6.35. The van der Waals surface area contributed by atoms with Crippen LogP contribution in [-0.4, -0.2) is 52.9 Å². The van der Waals surface area contributed by atoms with Gasteiger partial charge in [0.25, 0.3) is 0 Å². The Kier molecular flexibility index (Phi) is 8.86. The van der Waals surface area contributed by atoms with Crippen molar-refractivity contribution in [2.24, 2.45) is 0 Å². The van der Waals surface area contributed by atoms with Crippen molar-refractivity contribution in [1.82, 2.24) is 34.7 Å². The number of hydrogen-bond donors (Lipinski definition) is 1. The number of aromatic nitrogens is 6. The molecule has 0 amide bonds. The SMILES string of the molecule is CCCCN(Cc1cn(Cc2c(Cl)cccc2Cl)nn1)CC(O)(Cn1cncn1)c1ccc(F)cc1F. The standard InChI is InChI=1S/C25H27Cl2F2N7O/c1-2-3-9-34(11-19-12-35(33-32-19)13-20-22(26)5-4-6-23(20)27)14-25(37,15-36-17-30-16-31-36)21-8-7-18(28)10-24(21)29/h4-8,10,12,16-17,37H,2-3,9,11,13-15H2,1H3. The van der Waals surface area contributed by atoms with Crippen molar-refractivity contribution < 1.29 is 13.9 Å². The van der Waals surface area contributed by atoms with Gasteiger partial charge in [0.2, 0.25) is 0 Å². The molecular formula is C25H27Cl2F2N7O. The highest BCUT2D eigenvalue weighted by Crippen LogP contribution is 2.29. The van der Waals surface area contributed by atoms with Gasteiger partial charge in [-0.1, -0.05) is 53.9 Å². The molecule has 4 rings (SSSR count). The molecular weight excluding hydrogens is 523 g/mol. The van der Waals surface area contributed by atoms with E-state index >= 15 is 0 Å². The highest BCUT2D eigenvalue weighted by atomic mass is 35.5. The van der Waals surface area contributed by atoms with Crippen LogP contribution in [-0.2, 0) is 25.2 Å². The van der Waals surface area contributed by atoms with Crippen LogP contribution in [0.1, 0.15) is 36.6 Å². The molecule has 0 saturated carbocycles. The predicted octanol–water partition coefficient (Wildman–Crippen LogP) is 4.69. The second-order valence-electron chi connectivity index (χ2n) is 8.92. The van der Waals surface area contributed by atoms with Gasteiger partial charge in [0.15, 0.2) is 0 Å². The largest absolute Gasteiger partial charge is 0.382 e. The van der Waals surface area contributed by atoms with E-state index in [4.69, 9.17) is 23.2 Å². The van der Waals surface area contributed by atoms with Crippen molar-refractivity contribution in [3.63, 3.8) is 0 Å². The number of halogens is 4. The summed E-state index contributed by atoms with van der Waals surface area (Å²) in [4.78, 5) is 5.89. The fourth-order valence-corrected chi connectivity index (χ4v) is 4.71. The molecule has 0 bridgehead atoms. The van der Waals surface area contributed by atoms with Gasteiger partial charge < -0.3 is 5.11 Å². The van der Waals surface area contributed by atoms with Crippen LogP contribution in [0.15, 0.2) is 55.2 Å². The second-order valence-corrected chi connectivity index (χ2v) is 9.74. The van der Waals surface area contributed by atoms with Crippen LogP contribution in [0.25, 0.3) is 0 Å². The van der Waals surface area contributed by atoms with E-state index in [0.29, 0.717) is 35.4 Å². The monoisotopic (exact) mass is 549 g/mol. The average molecular weight is 550 g/mol. The molecule has 0 aliphatic rings. The summed E-state index contributed by atoms with van der Waals surface area (Å²) in [6, 6.07) is 8.46. The average Bonchev–Trinajstić information content (AvgIpc) is 3.52. The summed E-state index contributed by atoms with van der Waals surface area (Å²) in [5.74, 6) is -1.55. The Labute approximate surface area is 223 Å². The maximum atomic E-state index is 14.9. The van der Waals surface area contributed by atoms with E-state index in [2.05, 4.69) is 27.3 Å². The first kappa shape index (κ1) is 27.1. The number of nitrogens with zero attached hydrogens (tertiary/aromatic N) is 7. The maximum absolute atomic E-state index is 14.9. The van der Waals surface area contributed by atoms with Crippen LogP contribution < -0.4 is 0 Å². The third-order valence-corrected chi connectivity index (χ3v) is 6.70. The first-order valence-corrected chi connectivity index (χ1v) is 12.6. The van der Waals surface area contributed by atoms with Crippen LogP contribution in [0.2, 0.25) is 10.0 Å². The molecule has 0 radical (unpaired) electrons. The minimum absolute atomic E-state index is 0.0251. The lowest BCUT2D eigenvalue weighted by molar-refractivity contribution is -0.0242. The predicted molar refractivity (Wildman–Crippen MR) is 136 cm³/mol. The molecule has 0 saturated heterocycles. The molecule has 1 atom stereocenters. The molecule has 196 valence electrons. The molecule has 8 nitrogen and oxygen atoms in total. The molecule has 1 N–H and O–H groups in total. The Morgan fingerprint density at radius 3 is 2.57 bits per heavy atom. The summed E-state index contributed by atoms with van der Waals surface area (Å²) in [7, 11) is 0. The third kappa shape index (κ3) is 6.89. The molecule has 0 aliphatic carbocycles.